The van der Waals surface area contributed by atoms with E-state index in [-0.39, 0.29) is 5.84 Å². The molecule has 0 unspecified atom stereocenters. The molecule has 1 aliphatic rings. The van der Waals surface area contributed by atoms with Gasteiger partial charge in [0, 0.05) is 0 Å². The third-order valence-corrected chi connectivity index (χ3v) is 1.63. The van der Waals surface area contributed by atoms with Crippen molar-refractivity contribution in [3.05, 3.63) is 22.5 Å². The molecule has 0 bridgehead atoms. The summed E-state index contributed by atoms with van der Waals surface area (Å²) in [5.74, 6) is 0.145. The number of nitrogens with one attached hydrogen (secondary N) is 2. The van der Waals surface area contributed by atoms with Crippen molar-refractivity contribution < 1.29 is 0 Å². The van der Waals surface area contributed by atoms with Gasteiger partial charge >= 0.3 is 0 Å². The molecule has 1 aromatic heterocycles. The van der Waals surface area contributed by atoms with Crippen molar-refractivity contribution in [3.8, 4) is 0 Å². The second-order valence-electron chi connectivity index (χ2n) is 2.13. The van der Waals surface area contributed by atoms with Crippen LogP contribution in [-0.4, -0.2) is 10.8 Å². The first-order chi connectivity index (χ1) is 5.27. The minimum atomic E-state index is 0.145. The Morgan fingerprint density at radius 1 is 1.36 bits per heavy atom. The van der Waals surface area contributed by atoms with E-state index in [9.17, 15) is 0 Å². The van der Waals surface area contributed by atoms with Gasteiger partial charge in [-0.1, -0.05) is 12.2 Å². The summed E-state index contributed by atoms with van der Waals surface area (Å²) in [6.07, 6.45) is 0. The van der Waals surface area contributed by atoms with Gasteiger partial charge in [0.2, 0.25) is 0 Å². The molecule has 0 saturated heterocycles. The number of nitrogens with zero attached hydrogens (tertiary/aromatic N) is 2. The van der Waals surface area contributed by atoms with Gasteiger partial charge in [0.25, 0.3) is 0 Å². The van der Waals surface area contributed by atoms with Crippen molar-refractivity contribution in [2.45, 2.75) is 0 Å². The maximum Gasteiger partial charge on any atom is 0.193 e. The molecule has 0 atom stereocenters. The van der Waals surface area contributed by atoms with Gasteiger partial charge in [-0.05, 0) is 12.1 Å². The molecule has 0 fully saturated rings. The zero-order valence-electron chi connectivity index (χ0n) is 5.46. The van der Waals surface area contributed by atoms with E-state index in [0.717, 1.165) is 0 Å². The molecule has 11 heavy (non-hydrogen) atoms. The summed E-state index contributed by atoms with van der Waals surface area (Å²) in [4.78, 5) is 2.84. The standard InChI is InChI=1S/C6H4N4S/c7-6-5-3(9-10-6)1-2-4(11)8-5/h1-2,7H,(H,8,11). The lowest BCUT2D eigenvalue weighted by molar-refractivity contribution is 1.26. The molecule has 5 heteroatoms. The first-order valence-electron chi connectivity index (χ1n) is 3.01. The first kappa shape index (κ1) is 6.36. The minimum absolute atomic E-state index is 0.145. The molecule has 1 aliphatic heterocycles. The van der Waals surface area contributed by atoms with Crippen LogP contribution in [0, 0.1) is 10.0 Å². The van der Waals surface area contributed by atoms with E-state index >= 15 is 0 Å². The lowest BCUT2D eigenvalue weighted by Crippen LogP contribution is -1.92. The predicted octanol–water partition coefficient (Wildman–Crippen LogP) is 2.17. The fraction of sp³-hybridized carbons (Fsp3) is 0. The van der Waals surface area contributed by atoms with E-state index in [0.29, 0.717) is 16.0 Å². The normalized spacial score (nSPS) is 13.6. The van der Waals surface area contributed by atoms with Crippen LogP contribution in [0.2, 0.25) is 0 Å². The van der Waals surface area contributed by atoms with E-state index in [1.165, 1.54) is 0 Å². The van der Waals surface area contributed by atoms with Crippen molar-refractivity contribution in [1.29, 1.82) is 5.41 Å². The van der Waals surface area contributed by atoms with Crippen molar-refractivity contribution >= 4 is 23.7 Å². The molecular weight excluding hydrogens is 160 g/mol. The molecular formula is C6H4N4S. The average Bonchev–Trinajstić information content (AvgIpc) is 2.33. The first-order valence-corrected chi connectivity index (χ1v) is 3.42. The molecule has 2 heterocycles. The van der Waals surface area contributed by atoms with Crippen LogP contribution in [0.1, 0.15) is 5.69 Å². The van der Waals surface area contributed by atoms with Gasteiger partial charge in [-0.3, -0.25) is 5.41 Å². The molecule has 2 rings (SSSR count). The van der Waals surface area contributed by atoms with Crippen LogP contribution in [0.15, 0.2) is 22.4 Å². The van der Waals surface area contributed by atoms with Crippen LogP contribution >= 0.6 is 12.2 Å². The number of H-pyrrole nitrogens is 1. The van der Waals surface area contributed by atoms with Crippen molar-refractivity contribution in [3.63, 3.8) is 0 Å². The van der Waals surface area contributed by atoms with E-state index in [4.69, 9.17) is 17.6 Å². The highest BCUT2D eigenvalue weighted by atomic mass is 32.1. The zero-order valence-corrected chi connectivity index (χ0v) is 6.27. The fourth-order valence-corrected chi connectivity index (χ4v) is 1.05. The topological polar surface area (TPSA) is 64.4 Å². The molecule has 0 saturated carbocycles. The number of pyridine rings is 1. The number of hydrogen-bond acceptors (Lipinski definition) is 3. The number of hydrogen-bond donors (Lipinski definition) is 2. The molecule has 4 nitrogen and oxygen atoms in total. The van der Waals surface area contributed by atoms with Gasteiger partial charge in [-0.2, -0.15) is 0 Å². The number of amidine groups is 1. The Balaban J connectivity index is 2.76. The Hall–Kier alpha value is -1.36. The van der Waals surface area contributed by atoms with Crippen LogP contribution < -0.4 is 0 Å². The number of azo groups is 1. The Morgan fingerprint density at radius 2 is 2.18 bits per heavy atom. The quantitative estimate of drug-likeness (QED) is 0.567. The molecule has 0 spiro atoms. The average molecular weight is 164 g/mol. The summed E-state index contributed by atoms with van der Waals surface area (Å²) in [6.45, 7) is 0. The largest absolute Gasteiger partial charge is 0.342 e. The Morgan fingerprint density at radius 3 is 3.00 bits per heavy atom. The molecule has 1 aromatic rings. The summed E-state index contributed by atoms with van der Waals surface area (Å²) in [6, 6.07) is 3.48. The summed E-state index contributed by atoms with van der Waals surface area (Å²) < 4.78 is 0.598. The lowest BCUT2D eigenvalue weighted by atomic mass is 10.3. The van der Waals surface area contributed by atoms with Crippen molar-refractivity contribution in [2.75, 3.05) is 0 Å². The van der Waals surface area contributed by atoms with E-state index in [1.807, 2.05) is 0 Å². The highest BCUT2D eigenvalue weighted by Crippen LogP contribution is 2.23. The number of fused-ring (bicyclic) bond motifs is 1. The fourth-order valence-electron chi connectivity index (χ4n) is 0.885. The van der Waals surface area contributed by atoms with Crippen LogP contribution in [0.5, 0.6) is 0 Å². The van der Waals surface area contributed by atoms with Crippen LogP contribution in [0.3, 0.4) is 0 Å². The third-order valence-electron chi connectivity index (χ3n) is 1.39. The van der Waals surface area contributed by atoms with Crippen molar-refractivity contribution in [1.82, 2.24) is 4.98 Å². The second kappa shape index (κ2) is 2.06. The number of rotatable bonds is 0. The van der Waals surface area contributed by atoms with Gasteiger partial charge < -0.3 is 4.98 Å². The highest BCUT2D eigenvalue weighted by Gasteiger charge is 2.12. The molecule has 2 N–H and O–H groups in total. The molecule has 0 aliphatic carbocycles. The smallest absolute Gasteiger partial charge is 0.193 e. The Kier molecular flexibility index (Phi) is 1.19. The van der Waals surface area contributed by atoms with Gasteiger partial charge in [0.15, 0.2) is 5.84 Å². The summed E-state index contributed by atoms with van der Waals surface area (Å²) in [5, 5.41) is 14.6. The summed E-state index contributed by atoms with van der Waals surface area (Å²) >= 11 is 4.87. The van der Waals surface area contributed by atoms with Crippen molar-refractivity contribution in [2.24, 2.45) is 10.2 Å². The molecule has 0 radical (unpaired) electrons. The monoisotopic (exact) mass is 164 g/mol. The second-order valence-corrected chi connectivity index (χ2v) is 2.57. The van der Waals surface area contributed by atoms with Gasteiger partial charge in [0.05, 0.1) is 0 Å². The Labute approximate surface area is 67.5 Å². The Bertz CT molecular complexity index is 403. The third kappa shape index (κ3) is 0.894. The highest BCUT2D eigenvalue weighted by molar-refractivity contribution is 7.71. The zero-order chi connectivity index (χ0) is 7.84. The van der Waals surface area contributed by atoms with Crippen LogP contribution in [0.25, 0.3) is 0 Å². The van der Waals surface area contributed by atoms with Crippen LogP contribution in [0.4, 0.5) is 5.69 Å². The molecule has 0 aromatic carbocycles. The maximum absolute atomic E-state index is 7.29. The number of aromatic amines is 1. The van der Waals surface area contributed by atoms with E-state index < -0.39 is 0 Å². The van der Waals surface area contributed by atoms with E-state index in [2.05, 4.69) is 15.2 Å². The minimum Gasteiger partial charge on any atom is -0.342 e. The maximum atomic E-state index is 7.29. The summed E-state index contributed by atoms with van der Waals surface area (Å²) in [7, 11) is 0. The molecule has 54 valence electrons. The van der Waals surface area contributed by atoms with Crippen LogP contribution in [-0.2, 0) is 0 Å². The SMILES string of the molecule is N=C1N=Nc2ccc(=S)[nH]c21. The van der Waals surface area contributed by atoms with E-state index in [1.54, 1.807) is 12.1 Å². The predicted molar refractivity (Wildman–Crippen MR) is 43.0 cm³/mol. The summed E-state index contributed by atoms with van der Waals surface area (Å²) in [5.41, 5.74) is 1.29. The number of aromatic nitrogens is 1. The lowest BCUT2D eigenvalue weighted by Gasteiger charge is -1.92. The van der Waals surface area contributed by atoms with Gasteiger partial charge in [-0.25, -0.2) is 0 Å². The molecule has 0 amide bonds. The van der Waals surface area contributed by atoms with Gasteiger partial charge in [-0.15, -0.1) is 10.2 Å². The van der Waals surface area contributed by atoms with Gasteiger partial charge in [0.1, 0.15) is 16.0 Å².